The molecule has 2 aromatic carbocycles. The average molecular weight is 454 g/mol. The Bertz CT molecular complexity index is 1070. The van der Waals surface area contributed by atoms with Crippen LogP contribution in [0.1, 0.15) is 32.1 Å². The first kappa shape index (κ1) is 22.0. The highest BCUT2D eigenvalue weighted by Gasteiger charge is 2.19. The highest BCUT2D eigenvalue weighted by molar-refractivity contribution is 7.99. The predicted molar refractivity (Wildman–Crippen MR) is 121 cm³/mol. The van der Waals surface area contributed by atoms with Crippen LogP contribution in [0.15, 0.2) is 59.8 Å². The molecule has 0 bridgehead atoms. The van der Waals surface area contributed by atoms with E-state index in [1.165, 1.54) is 30.3 Å². The minimum Gasteiger partial charge on any atom is -0.335 e. The second-order valence-corrected chi connectivity index (χ2v) is 8.57. The largest absolute Gasteiger partial charge is 0.335 e. The van der Waals surface area contributed by atoms with Crippen LogP contribution in [0.25, 0.3) is 17.1 Å². The van der Waals surface area contributed by atoms with Gasteiger partial charge in [-0.2, -0.15) is 0 Å². The molecule has 3 aromatic rings. The van der Waals surface area contributed by atoms with E-state index < -0.39 is 11.9 Å². The Kier molecular flexibility index (Phi) is 7.16. The minimum absolute atomic E-state index is 0.00642. The normalized spacial score (nSPS) is 14.2. The molecule has 0 aliphatic heterocycles. The highest BCUT2D eigenvalue weighted by Crippen LogP contribution is 2.28. The fourth-order valence-electron chi connectivity index (χ4n) is 3.72. The van der Waals surface area contributed by atoms with E-state index in [4.69, 9.17) is 0 Å². The lowest BCUT2D eigenvalue weighted by molar-refractivity contribution is -0.117. The van der Waals surface area contributed by atoms with E-state index in [9.17, 15) is 14.0 Å². The molecule has 32 heavy (non-hydrogen) atoms. The molecule has 7 nitrogen and oxygen atoms in total. The molecule has 166 valence electrons. The molecular formula is C23H24FN5O2S. The summed E-state index contributed by atoms with van der Waals surface area (Å²) in [5, 5.41) is 14.3. The van der Waals surface area contributed by atoms with Crippen molar-refractivity contribution < 1.29 is 14.0 Å². The molecular weight excluding hydrogens is 429 g/mol. The molecule has 0 saturated heterocycles. The molecule has 1 aliphatic rings. The lowest BCUT2D eigenvalue weighted by Gasteiger charge is -2.22. The maximum absolute atomic E-state index is 13.4. The van der Waals surface area contributed by atoms with E-state index in [0.717, 1.165) is 31.4 Å². The number of para-hydroxylation sites is 1. The van der Waals surface area contributed by atoms with Crippen LogP contribution in [0.4, 0.5) is 9.18 Å². The zero-order valence-electron chi connectivity index (χ0n) is 17.5. The number of hydrogen-bond donors (Lipinski definition) is 2. The summed E-state index contributed by atoms with van der Waals surface area (Å²) in [5.74, 6) is -0.201. The SMILES string of the molecule is O=C(CSc1nnc(-c2ccc(F)cc2)n1-c1ccccc1)NC(=O)NC1CCCCC1. The third kappa shape index (κ3) is 5.53. The fraction of sp³-hybridized carbons (Fsp3) is 0.304. The number of thioether (sulfide) groups is 1. The minimum atomic E-state index is -0.459. The summed E-state index contributed by atoms with van der Waals surface area (Å²) in [5.41, 5.74) is 1.51. The average Bonchev–Trinajstić information content (AvgIpc) is 3.23. The van der Waals surface area contributed by atoms with Crippen molar-refractivity contribution in [3.8, 4) is 17.1 Å². The van der Waals surface area contributed by atoms with Gasteiger partial charge in [-0.05, 0) is 49.2 Å². The summed E-state index contributed by atoms with van der Waals surface area (Å²) < 4.78 is 15.2. The molecule has 9 heteroatoms. The zero-order chi connectivity index (χ0) is 22.3. The molecule has 3 amide bonds. The van der Waals surface area contributed by atoms with Crippen molar-refractivity contribution in [3.63, 3.8) is 0 Å². The van der Waals surface area contributed by atoms with E-state index in [1.54, 1.807) is 12.1 Å². The van der Waals surface area contributed by atoms with Crippen LogP contribution in [0.2, 0.25) is 0 Å². The molecule has 4 rings (SSSR count). The van der Waals surface area contributed by atoms with Crippen LogP contribution in [-0.4, -0.2) is 38.5 Å². The number of hydrogen-bond acceptors (Lipinski definition) is 5. The van der Waals surface area contributed by atoms with Crippen LogP contribution in [0, 0.1) is 5.82 Å². The first-order valence-electron chi connectivity index (χ1n) is 10.6. The van der Waals surface area contributed by atoms with Crippen molar-refractivity contribution in [2.24, 2.45) is 0 Å². The number of carbonyl (C=O) groups excluding carboxylic acids is 2. The fourth-order valence-corrected chi connectivity index (χ4v) is 4.47. The quantitative estimate of drug-likeness (QED) is 0.543. The molecule has 0 spiro atoms. The summed E-state index contributed by atoms with van der Waals surface area (Å²) in [7, 11) is 0. The maximum atomic E-state index is 13.4. The molecule has 0 unspecified atom stereocenters. The zero-order valence-corrected chi connectivity index (χ0v) is 18.3. The number of nitrogens with one attached hydrogen (secondary N) is 2. The Hall–Kier alpha value is -3.20. The van der Waals surface area contributed by atoms with Gasteiger partial charge in [-0.1, -0.05) is 49.2 Å². The van der Waals surface area contributed by atoms with Crippen molar-refractivity contribution in [2.75, 3.05) is 5.75 Å². The maximum Gasteiger partial charge on any atom is 0.321 e. The van der Waals surface area contributed by atoms with Gasteiger partial charge in [-0.25, -0.2) is 9.18 Å². The first-order valence-corrected chi connectivity index (χ1v) is 11.6. The monoisotopic (exact) mass is 453 g/mol. The topological polar surface area (TPSA) is 88.9 Å². The van der Waals surface area contributed by atoms with Gasteiger partial charge in [0.1, 0.15) is 5.82 Å². The Balaban J connectivity index is 1.45. The van der Waals surface area contributed by atoms with E-state index >= 15 is 0 Å². The molecule has 2 N–H and O–H groups in total. The lowest BCUT2D eigenvalue weighted by Crippen LogP contribution is -2.45. The van der Waals surface area contributed by atoms with Gasteiger partial charge in [-0.3, -0.25) is 14.7 Å². The standard InChI is InChI=1S/C23H24FN5O2S/c24-17-13-11-16(12-14-17)21-27-28-23(29(21)19-9-5-2-6-10-19)32-15-20(30)26-22(31)25-18-7-3-1-4-8-18/h2,5-6,9-14,18H,1,3-4,7-8,15H2,(H2,25,26,30,31). The van der Waals surface area contributed by atoms with E-state index in [1.807, 2.05) is 34.9 Å². The summed E-state index contributed by atoms with van der Waals surface area (Å²) in [4.78, 5) is 24.5. The molecule has 1 heterocycles. The summed E-state index contributed by atoms with van der Waals surface area (Å²) in [6.07, 6.45) is 5.28. The summed E-state index contributed by atoms with van der Waals surface area (Å²) >= 11 is 1.18. The number of imide groups is 1. The Labute approximate surface area is 189 Å². The number of rotatable bonds is 6. The van der Waals surface area contributed by atoms with Crippen molar-refractivity contribution >= 4 is 23.7 Å². The van der Waals surface area contributed by atoms with E-state index in [0.29, 0.717) is 16.5 Å². The Morgan fingerprint density at radius 3 is 2.44 bits per heavy atom. The van der Waals surface area contributed by atoms with Gasteiger partial charge >= 0.3 is 6.03 Å². The first-order chi connectivity index (χ1) is 15.6. The smallest absolute Gasteiger partial charge is 0.321 e. The molecule has 1 aromatic heterocycles. The van der Waals surface area contributed by atoms with Crippen LogP contribution in [0.3, 0.4) is 0 Å². The van der Waals surface area contributed by atoms with Crippen LogP contribution >= 0.6 is 11.8 Å². The second-order valence-electron chi connectivity index (χ2n) is 7.63. The molecule has 0 radical (unpaired) electrons. The number of halogens is 1. The Morgan fingerprint density at radius 2 is 1.72 bits per heavy atom. The van der Waals surface area contributed by atoms with Gasteiger partial charge in [-0.15, -0.1) is 10.2 Å². The summed E-state index contributed by atoms with van der Waals surface area (Å²) in [6, 6.07) is 15.1. The van der Waals surface area contributed by atoms with Crippen LogP contribution in [0.5, 0.6) is 0 Å². The van der Waals surface area contributed by atoms with Crippen LogP contribution < -0.4 is 10.6 Å². The molecule has 1 saturated carbocycles. The Morgan fingerprint density at radius 1 is 1.00 bits per heavy atom. The van der Waals surface area contributed by atoms with Crippen molar-refractivity contribution in [1.29, 1.82) is 0 Å². The third-order valence-corrected chi connectivity index (χ3v) is 6.20. The number of carbonyl (C=O) groups is 2. The van der Waals surface area contributed by atoms with Gasteiger partial charge < -0.3 is 5.32 Å². The van der Waals surface area contributed by atoms with Gasteiger partial charge in [0.25, 0.3) is 0 Å². The molecule has 1 fully saturated rings. The second kappa shape index (κ2) is 10.4. The number of aromatic nitrogens is 3. The number of benzene rings is 2. The number of amides is 3. The van der Waals surface area contributed by atoms with Gasteiger partial charge in [0.15, 0.2) is 11.0 Å². The number of nitrogens with zero attached hydrogens (tertiary/aromatic N) is 3. The van der Waals surface area contributed by atoms with E-state index in [-0.39, 0.29) is 17.6 Å². The van der Waals surface area contributed by atoms with Crippen molar-refractivity contribution in [1.82, 2.24) is 25.4 Å². The third-order valence-electron chi connectivity index (χ3n) is 5.28. The molecule has 0 atom stereocenters. The lowest BCUT2D eigenvalue weighted by atomic mass is 9.96. The van der Waals surface area contributed by atoms with Crippen molar-refractivity contribution in [3.05, 3.63) is 60.4 Å². The van der Waals surface area contributed by atoms with Crippen LogP contribution in [-0.2, 0) is 4.79 Å². The van der Waals surface area contributed by atoms with Gasteiger partial charge in [0, 0.05) is 17.3 Å². The predicted octanol–water partition coefficient (Wildman–Crippen LogP) is 4.32. The van der Waals surface area contributed by atoms with E-state index in [2.05, 4.69) is 20.8 Å². The number of urea groups is 1. The van der Waals surface area contributed by atoms with Gasteiger partial charge in [0.2, 0.25) is 5.91 Å². The summed E-state index contributed by atoms with van der Waals surface area (Å²) in [6.45, 7) is 0. The highest BCUT2D eigenvalue weighted by atomic mass is 32.2. The van der Waals surface area contributed by atoms with Gasteiger partial charge in [0.05, 0.1) is 5.75 Å². The molecule has 1 aliphatic carbocycles. The van der Waals surface area contributed by atoms with Crippen molar-refractivity contribution in [2.45, 2.75) is 43.3 Å².